The summed E-state index contributed by atoms with van der Waals surface area (Å²) in [6.45, 7) is 9.37. The van der Waals surface area contributed by atoms with Gasteiger partial charge in [0.2, 0.25) is 0 Å². The van der Waals surface area contributed by atoms with Crippen molar-refractivity contribution >= 4 is 29.9 Å². The van der Waals surface area contributed by atoms with Crippen LogP contribution in [0.1, 0.15) is 43.0 Å². The van der Waals surface area contributed by atoms with Crippen molar-refractivity contribution in [2.24, 2.45) is 4.99 Å². The van der Waals surface area contributed by atoms with Crippen molar-refractivity contribution in [2.45, 2.75) is 64.9 Å². The van der Waals surface area contributed by atoms with Crippen LogP contribution in [-0.4, -0.2) is 64.5 Å². The highest BCUT2D eigenvalue weighted by Crippen LogP contribution is 2.20. The zero-order chi connectivity index (χ0) is 21.6. The van der Waals surface area contributed by atoms with Crippen LogP contribution in [0.2, 0.25) is 0 Å². The maximum Gasteiger partial charge on any atom is 0.191 e. The molecule has 0 spiro atoms. The Morgan fingerprint density at radius 1 is 1.28 bits per heavy atom. The molecule has 3 heterocycles. The first-order valence-electron chi connectivity index (χ1n) is 11.4. The molecular formula is C23H36IN7O. The molecule has 0 bridgehead atoms. The lowest BCUT2D eigenvalue weighted by Crippen LogP contribution is -2.48. The van der Waals surface area contributed by atoms with Crippen LogP contribution in [-0.2, 0) is 37.3 Å². The second kappa shape index (κ2) is 11.9. The molecule has 4 rings (SSSR count). The maximum atomic E-state index is 5.17. The first-order chi connectivity index (χ1) is 15.2. The third kappa shape index (κ3) is 6.20. The van der Waals surface area contributed by atoms with Gasteiger partial charge in [0.25, 0.3) is 0 Å². The fourth-order valence-corrected chi connectivity index (χ4v) is 4.41. The van der Waals surface area contributed by atoms with Gasteiger partial charge < -0.3 is 15.4 Å². The average Bonchev–Trinajstić information content (AvgIpc) is 3.19. The van der Waals surface area contributed by atoms with Gasteiger partial charge in [0.15, 0.2) is 11.8 Å². The Morgan fingerprint density at radius 2 is 2.09 bits per heavy atom. The van der Waals surface area contributed by atoms with E-state index in [1.165, 1.54) is 11.1 Å². The zero-order valence-corrected chi connectivity index (χ0v) is 21.7. The van der Waals surface area contributed by atoms with Crippen LogP contribution in [0.3, 0.4) is 0 Å². The molecular weight excluding hydrogens is 517 g/mol. The Labute approximate surface area is 208 Å². The van der Waals surface area contributed by atoms with Crippen molar-refractivity contribution in [3.05, 3.63) is 47.0 Å². The predicted octanol–water partition coefficient (Wildman–Crippen LogP) is 2.36. The zero-order valence-electron chi connectivity index (χ0n) is 19.4. The van der Waals surface area contributed by atoms with E-state index < -0.39 is 0 Å². The molecule has 9 heteroatoms. The molecule has 0 fully saturated rings. The number of benzene rings is 1. The van der Waals surface area contributed by atoms with E-state index in [-0.39, 0.29) is 24.0 Å². The number of hydrogen-bond donors (Lipinski definition) is 2. The van der Waals surface area contributed by atoms with Gasteiger partial charge in [-0.3, -0.25) is 9.89 Å². The summed E-state index contributed by atoms with van der Waals surface area (Å²) in [5, 5.41) is 11.6. The van der Waals surface area contributed by atoms with Gasteiger partial charge in [0.05, 0.1) is 13.1 Å². The van der Waals surface area contributed by atoms with Crippen LogP contribution in [0.4, 0.5) is 0 Å². The smallest absolute Gasteiger partial charge is 0.191 e. The number of rotatable bonds is 7. The fourth-order valence-electron chi connectivity index (χ4n) is 4.41. The molecule has 2 N–H and O–H groups in total. The molecule has 8 nitrogen and oxygen atoms in total. The maximum absolute atomic E-state index is 5.17. The summed E-state index contributed by atoms with van der Waals surface area (Å²) in [7, 11) is 1.67. The second-order valence-electron chi connectivity index (χ2n) is 8.50. The van der Waals surface area contributed by atoms with E-state index >= 15 is 0 Å². The molecule has 2 aromatic rings. The molecule has 0 aliphatic carbocycles. The molecule has 0 radical (unpaired) electrons. The van der Waals surface area contributed by atoms with Crippen LogP contribution in [0, 0.1) is 0 Å². The highest BCUT2D eigenvalue weighted by molar-refractivity contribution is 14.0. The molecule has 2 aliphatic heterocycles. The molecule has 2 unspecified atom stereocenters. The molecule has 32 heavy (non-hydrogen) atoms. The number of hydrogen-bond acceptors (Lipinski definition) is 5. The van der Waals surface area contributed by atoms with Gasteiger partial charge in [-0.15, -0.1) is 24.0 Å². The third-order valence-electron chi connectivity index (χ3n) is 6.16. The number of aromatic nitrogens is 3. The van der Waals surface area contributed by atoms with Crippen LogP contribution in [0.15, 0.2) is 29.3 Å². The highest BCUT2D eigenvalue weighted by Gasteiger charge is 2.23. The molecule has 0 saturated carbocycles. The second-order valence-corrected chi connectivity index (χ2v) is 8.50. The molecule has 2 atom stereocenters. The minimum absolute atomic E-state index is 0. The third-order valence-corrected chi connectivity index (χ3v) is 6.16. The number of aryl methyl sites for hydroxylation is 1. The quantitative estimate of drug-likeness (QED) is 0.312. The van der Waals surface area contributed by atoms with Crippen molar-refractivity contribution in [3.63, 3.8) is 0 Å². The minimum atomic E-state index is 0. The number of ether oxygens (including phenoxy) is 1. The lowest BCUT2D eigenvalue weighted by atomic mass is 9.99. The van der Waals surface area contributed by atoms with Crippen LogP contribution >= 0.6 is 24.0 Å². The molecule has 1 aromatic carbocycles. The van der Waals surface area contributed by atoms with Crippen molar-refractivity contribution < 1.29 is 4.74 Å². The number of halogens is 1. The number of fused-ring (bicyclic) bond motifs is 2. The van der Waals surface area contributed by atoms with Gasteiger partial charge in [0.1, 0.15) is 12.4 Å². The number of guanidine groups is 1. The SMILES string of the molecule is CCNC(=NCC(C)N1CCc2ccccc2C1)NC1CCc2nc(COC)nn2C1.I. The predicted molar refractivity (Wildman–Crippen MR) is 137 cm³/mol. The number of nitrogens with zero attached hydrogens (tertiary/aromatic N) is 5. The standard InChI is InChI=1S/C23H35N7O.HI/c1-4-24-23(26-20-9-10-22-27-21(16-31-3)28-30(22)15-20)25-13-17(2)29-12-11-18-7-5-6-8-19(18)14-29;/h5-8,17,20H,4,9-16H2,1-3H3,(H2,24,25,26);1H. The van der Waals surface area contributed by atoms with Gasteiger partial charge in [0, 0.05) is 45.2 Å². The van der Waals surface area contributed by atoms with E-state index in [4.69, 9.17) is 9.73 Å². The van der Waals surface area contributed by atoms with E-state index in [9.17, 15) is 0 Å². The van der Waals surface area contributed by atoms with E-state index in [0.717, 1.165) is 69.6 Å². The summed E-state index contributed by atoms with van der Waals surface area (Å²) in [6.07, 6.45) is 3.06. The number of methoxy groups -OCH3 is 1. The Morgan fingerprint density at radius 3 is 2.88 bits per heavy atom. The van der Waals surface area contributed by atoms with Gasteiger partial charge in [-0.1, -0.05) is 24.3 Å². The summed E-state index contributed by atoms with van der Waals surface area (Å²) in [5.41, 5.74) is 2.94. The minimum Gasteiger partial charge on any atom is -0.377 e. The molecule has 2 aliphatic rings. The van der Waals surface area contributed by atoms with Gasteiger partial charge in [-0.2, -0.15) is 5.10 Å². The van der Waals surface area contributed by atoms with Crippen molar-refractivity contribution in [1.29, 1.82) is 0 Å². The van der Waals surface area contributed by atoms with Crippen LogP contribution in [0.5, 0.6) is 0 Å². The Balaban J connectivity index is 0.00000289. The molecule has 0 saturated heterocycles. The van der Waals surface area contributed by atoms with Crippen molar-refractivity contribution in [3.8, 4) is 0 Å². The number of nitrogens with one attached hydrogen (secondary N) is 2. The van der Waals surface area contributed by atoms with E-state index in [1.807, 2.05) is 4.68 Å². The van der Waals surface area contributed by atoms with Crippen LogP contribution in [0.25, 0.3) is 0 Å². The molecule has 176 valence electrons. The highest BCUT2D eigenvalue weighted by atomic mass is 127. The monoisotopic (exact) mass is 553 g/mol. The fraction of sp³-hybridized carbons (Fsp3) is 0.609. The largest absolute Gasteiger partial charge is 0.377 e. The molecule has 0 amide bonds. The first kappa shape index (κ1) is 24.9. The Bertz CT molecular complexity index is 900. The summed E-state index contributed by atoms with van der Waals surface area (Å²) < 4.78 is 7.17. The van der Waals surface area contributed by atoms with Crippen LogP contribution < -0.4 is 10.6 Å². The summed E-state index contributed by atoms with van der Waals surface area (Å²) in [6, 6.07) is 9.48. The van der Waals surface area contributed by atoms with Crippen molar-refractivity contribution in [2.75, 3.05) is 26.7 Å². The van der Waals surface area contributed by atoms with E-state index in [2.05, 4.69) is 63.7 Å². The topological polar surface area (TPSA) is 79.6 Å². The average molecular weight is 553 g/mol. The summed E-state index contributed by atoms with van der Waals surface area (Å²) in [4.78, 5) is 12.0. The first-order valence-corrected chi connectivity index (χ1v) is 11.4. The summed E-state index contributed by atoms with van der Waals surface area (Å²) >= 11 is 0. The van der Waals surface area contributed by atoms with Gasteiger partial charge in [-0.05, 0) is 37.8 Å². The van der Waals surface area contributed by atoms with E-state index in [0.29, 0.717) is 18.7 Å². The summed E-state index contributed by atoms with van der Waals surface area (Å²) in [5.74, 6) is 2.69. The lowest BCUT2D eigenvalue weighted by Gasteiger charge is -2.33. The lowest BCUT2D eigenvalue weighted by molar-refractivity contribution is 0.177. The number of aliphatic imine (C=N–C) groups is 1. The van der Waals surface area contributed by atoms with Gasteiger partial charge >= 0.3 is 0 Å². The Hall–Kier alpha value is -1.72. The van der Waals surface area contributed by atoms with Gasteiger partial charge in [-0.25, -0.2) is 9.67 Å². The molecule has 1 aromatic heterocycles. The van der Waals surface area contributed by atoms with Crippen molar-refractivity contribution in [1.82, 2.24) is 30.3 Å². The van der Waals surface area contributed by atoms with E-state index in [1.54, 1.807) is 7.11 Å². The Kier molecular flexibility index (Phi) is 9.30. The normalized spacial score (nSPS) is 19.5.